The Morgan fingerprint density at radius 1 is 1.71 bits per heavy atom. The third kappa shape index (κ3) is 3.05. The van der Waals surface area contributed by atoms with Crippen molar-refractivity contribution < 1.29 is 9.59 Å². The number of aryl methyl sites for hydroxylation is 1. The molecule has 1 aliphatic heterocycles. The number of hydrogen-bond acceptors (Lipinski definition) is 3. The molecule has 2 N–H and O–H groups in total. The van der Waals surface area contributed by atoms with Gasteiger partial charge >= 0.3 is 0 Å². The van der Waals surface area contributed by atoms with Gasteiger partial charge in [0.25, 0.3) is 0 Å². The Labute approximate surface area is 99.4 Å². The molecule has 17 heavy (non-hydrogen) atoms. The van der Waals surface area contributed by atoms with Gasteiger partial charge in [-0.05, 0) is 6.42 Å². The Bertz CT molecular complexity index is 417. The number of amides is 2. The average Bonchev–Trinajstić information content (AvgIpc) is 2.73. The molecule has 1 aromatic rings. The first kappa shape index (κ1) is 11.6. The summed E-state index contributed by atoms with van der Waals surface area (Å²) in [4.78, 5) is 22.8. The van der Waals surface area contributed by atoms with Crippen molar-refractivity contribution in [1.82, 2.24) is 20.4 Å². The van der Waals surface area contributed by atoms with Crippen LogP contribution in [0.15, 0.2) is 12.4 Å². The summed E-state index contributed by atoms with van der Waals surface area (Å²) in [5.74, 6) is -0.0838. The predicted octanol–water partition coefficient (Wildman–Crippen LogP) is -0.437. The lowest BCUT2D eigenvalue weighted by Gasteiger charge is -2.21. The number of rotatable bonds is 3. The second kappa shape index (κ2) is 4.99. The van der Waals surface area contributed by atoms with E-state index < -0.39 is 0 Å². The zero-order chi connectivity index (χ0) is 12.3. The summed E-state index contributed by atoms with van der Waals surface area (Å²) in [5, 5.41) is 9.58. The molecule has 2 amide bonds. The fourth-order valence-corrected chi connectivity index (χ4v) is 1.85. The number of piperidine rings is 1. The monoisotopic (exact) mass is 236 g/mol. The van der Waals surface area contributed by atoms with Crippen LogP contribution in [-0.2, 0) is 23.2 Å². The summed E-state index contributed by atoms with van der Waals surface area (Å²) in [5.41, 5.74) is 0.973. The number of nitrogens with one attached hydrogen (secondary N) is 2. The molecule has 0 spiro atoms. The van der Waals surface area contributed by atoms with E-state index in [0.29, 0.717) is 25.9 Å². The van der Waals surface area contributed by atoms with Crippen LogP contribution in [0.5, 0.6) is 0 Å². The van der Waals surface area contributed by atoms with E-state index in [2.05, 4.69) is 15.7 Å². The van der Waals surface area contributed by atoms with Crippen molar-refractivity contribution in [3.8, 4) is 0 Å². The quantitative estimate of drug-likeness (QED) is 0.747. The fourth-order valence-electron chi connectivity index (χ4n) is 1.85. The molecule has 1 unspecified atom stereocenters. The van der Waals surface area contributed by atoms with E-state index in [1.807, 2.05) is 13.2 Å². The Hall–Kier alpha value is -1.85. The number of carbonyl (C=O) groups is 2. The van der Waals surface area contributed by atoms with Crippen molar-refractivity contribution in [1.29, 1.82) is 0 Å². The minimum Gasteiger partial charge on any atom is -0.355 e. The Morgan fingerprint density at radius 2 is 2.53 bits per heavy atom. The van der Waals surface area contributed by atoms with Crippen LogP contribution in [0.4, 0.5) is 0 Å². The van der Waals surface area contributed by atoms with Gasteiger partial charge in [-0.1, -0.05) is 0 Å². The van der Waals surface area contributed by atoms with Crippen molar-refractivity contribution in [3.05, 3.63) is 18.0 Å². The molecule has 0 bridgehead atoms. The van der Waals surface area contributed by atoms with Crippen LogP contribution in [0.2, 0.25) is 0 Å². The molecule has 0 radical (unpaired) electrons. The lowest BCUT2D eigenvalue weighted by molar-refractivity contribution is -0.129. The fraction of sp³-hybridized carbons (Fsp3) is 0.545. The van der Waals surface area contributed by atoms with Gasteiger partial charge in [0.05, 0.1) is 12.1 Å². The first-order valence-electron chi connectivity index (χ1n) is 5.67. The summed E-state index contributed by atoms with van der Waals surface area (Å²) in [7, 11) is 1.84. The molecule has 0 aliphatic carbocycles. The van der Waals surface area contributed by atoms with Crippen LogP contribution < -0.4 is 10.6 Å². The Kier molecular flexibility index (Phi) is 3.41. The van der Waals surface area contributed by atoms with Gasteiger partial charge in [-0.3, -0.25) is 14.3 Å². The topological polar surface area (TPSA) is 76.0 Å². The third-order valence-electron chi connectivity index (χ3n) is 2.86. The zero-order valence-corrected chi connectivity index (χ0v) is 9.77. The van der Waals surface area contributed by atoms with Gasteiger partial charge in [0, 0.05) is 38.3 Å². The molecule has 0 saturated carbocycles. The van der Waals surface area contributed by atoms with Gasteiger partial charge in [-0.25, -0.2) is 0 Å². The van der Waals surface area contributed by atoms with E-state index >= 15 is 0 Å². The van der Waals surface area contributed by atoms with Gasteiger partial charge in [-0.15, -0.1) is 0 Å². The minimum atomic E-state index is -0.107. The lowest BCUT2D eigenvalue weighted by atomic mass is 9.98. The molecule has 0 aromatic carbocycles. The van der Waals surface area contributed by atoms with Crippen LogP contribution in [-0.4, -0.2) is 28.1 Å². The normalized spacial score (nSPS) is 19.8. The highest BCUT2D eigenvalue weighted by Gasteiger charge is 2.23. The van der Waals surface area contributed by atoms with Crippen LogP contribution in [0.3, 0.4) is 0 Å². The van der Waals surface area contributed by atoms with Crippen molar-refractivity contribution in [2.75, 3.05) is 6.54 Å². The van der Waals surface area contributed by atoms with Gasteiger partial charge in [0.2, 0.25) is 11.8 Å². The van der Waals surface area contributed by atoms with Crippen LogP contribution in [0, 0.1) is 5.92 Å². The molecule has 6 nitrogen and oxygen atoms in total. The van der Waals surface area contributed by atoms with E-state index in [0.717, 1.165) is 5.56 Å². The van der Waals surface area contributed by atoms with Gasteiger partial charge in [-0.2, -0.15) is 5.10 Å². The summed E-state index contributed by atoms with van der Waals surface area (Å²) in [6.45, 7) is 0.925. The minimum absolute atomic E-state index is 0.00569. The number of nitrogens with zero attached hydrogens (tertiary/aromatic N) is 2. The van der Waals surface area contributed by atoms with Crippen LogP contribution in [0.25, 0.3) is 0 Å². The summed E-state index contributed by atoms with van der Waals surface area (Å²) in [6.07, 6.45) is 4.65. The van der Waals surface area contributed by atoms with Crippen LogP contribution >= 0.6 is 0 Å². The molecule has 6 heteroatoms. The number of aromatic nitrogens is 2. The summed E-state index contributed by atoms with van der Waals surface area (Å²) in [6, 6.07) is 0. The molecule has 1 fully saturated rings. The smallest absolute Gasteiger partial charge is 0.225 e. The molecular formula is C11H16N4O2. The maximum atomic E-state index is 11.8. The maximum absolute atomic E-state index is 11.8. The van der Waals surface area contributed by atoms with Crippen LogP contribution in [0.1, 0.15) is 18.4 Å². The van der Waals surface area contributed by atoms with E-state index in [-0.39, 0.29) is 17.7 Å². The molecule has 1 aromatic heterocycles. The van der Waals surface area contributed by atoms with Crippen molar-refractivity contribution >= 4 is 11.8 Å². The molecule has 1 aliphatic rings. The molecule has 92 valence electrons. The highest BCUT2D eigenvalue weighted by Crippen LogP contribution is 2.10. The van der Waals surface area contributed by atoms with Gasteiger partial charge < -0.3 is 10.6 Å². The third-order valence-corrected chi connectivity index (χ3v) is 2.86. The highest BCUT2D eigenvalue weighted by molar-refractivity contribution is 5.83. The standard InChI is InChI=1S/C11H16N4O2/c1-15-7-8(5-14-15)4-13-11(17)9-2-3-10(16)12-6-9/h5,7,9H,2-4,6H2,1H3,(H,12,16)(H,13,17). The second-order valence-corrected chi connectivity index (χ2v) is 4.28. The SMILES string of the molecule is Cn1cc(CNC(=O)C2CCC(=O)NC2)cn1. The Balaban J connectivity index is 1.79. The maximum Gasteiger partial charge on any atom is 0.225 e. The van der Waals surface area contributed by atoms with Gasteiger partial charge in [0.15, 0.2) is 0 Å². The molecule has 2 rings (SSSR count). The number of carbonyl (C=O) groups excluding carboxylic acids is 2. The van der Waals surface area contributed by atoms with Crippen molar-refractivity contribution in [2.24, 2.45) is 13.0 Å². The average molecular weight is 236 g/mol. The second-order valence-electron chi connectivity index (χ2n) is 4.28. The van der Waals surface area contributed by atoms with E-state index in [9.17, 15) is 9.59 Å². The zero-order valence-electron chi connectivity index (χ0n) is 9.77. The first-order chi connectivity index (χ1) is 8.15. The predicted molar refractivity (Wildman–Crippen MR) is 60.8 cm³/mol. The van der Waals surface area contributed by atoms with E-state index in [1.54, 1.807) is 10.9 Å². The Morgan fingerprint density at radius 3 is 3.12 bits per heavy atom. The molecule has 2 heterocycles. The number of hydrogen-bond donors (Lipinski definition) is 2. The molecular weight excluding hydrogens is 220 g/mol. The summed E-state index contributed by atoms with van der Waals surface area (Å²) < 4.78 is 1.70. The van der Waals surface area contributed by atoms with Gasteiger partial charge in [0.1, 0.15) is 0 Å². The molecule has 1 atom stereocenters. The molecule has 1 saturated heterocycles. The van der Waals surface area contributed by atoms with Crippen molar-refractivity contribution in [3.63, 3.8) is 0 Å². The van der Waals surface area contributed by atoms with E-state index in [1.165, 1.54) is 0 Å². The van der Waals surface area contributed by atoms with E-state index in [4.69, 9.17) is 0 Å². The summed E-state index contributed by atoms with van der Waals surface area (Å²) >= 11 is 0. The lowest BCUT2D eigenvalue weighted by Crippen LogP contribution is -2.42. The highest BCUT2D eigenvalue weighted by atomic mass is 16.2. The van der Waals surface area contributed by atoms with Crippen molar-refractivity contribution in [2.45, 2.75) is 19.4 Å². The first-order valence-corrected chi connectivity index (χ1v) is 5.67. The largest absolute Gasteiger partial charge is 0.355 e.